The lowest BCUT2D eigenvalue weighted by molar-refractivity contribution is -0.119. The molecule has 1 heterocycles. The lowest BCUT2D eigenvalue weighted by atomic mass is 10.2. The number of rotatable bonds is 3. The lowest BCUT2D eigenvalue weighted by Crippen LogP contribution is -2.27. The van der Waals surface area contributed by atoms with E-state index < -0.39 is 0 Å². The Balaban J connectivity index is 1.94. The number of nitrogens with two attached hydrogens (primary N) is 1. The first-order valence-corrected chi connectivity index (χ1v) is 6.48. The Morgan fingerprint density at radius 2 is 2.38 bits per heavy atom. The van der Waals surface area contributed by atoms with Crippen molar-refractivity contribution in [3.05, 3.63) is 23.2 Å². The maximum atomic E-state index is 11.0. The normalized spacial score (nSPS) is 19.8. The monoisotopic (exact) mass is 256 g/mol. The van der Waals surface area contributed by atoms with Gasteiger partial charge in [0.15, 0.2) is 0 Å². The second kappa shape index (κ2) is 4.97. The smallest absolute Gasteiger partial charge is 0.220 e. The topological polar surface area (TPSA) is 55.1 Å². The zero-order valence-electron chi connectivity index (χ0n) is 8.70. The summed E-state index contributed by atoms with van der Waals surface area (Å²) in [4.78, 5) is 12.0. The second-order valence-electron chi connectivity index (χ2n) is 3.80. The number of hydrogen-bond acceptors (Lipinski definition) is 3. The molecule has 0 aromatic heterocycles. The SMILES string of the molecule is Nc1ccc(Cl)c(SCC2CCC(=O)N2)c1. The van der Waals surface area contributed by atoms with E-state index in [1.807, 2.05) is 6.07 Å². The van der Waals surface area contributed by atoms with Gasteiger partial charge in [0, 0.05) is 28.8 Å². The molecule has 1 amide bonds. The molecule has 0 aliphatic carbocycles. The van der Waals surface area contributed by atoms with Crippen LogP contribution in [-0.2, 0) is 4.79 Å². The van der Waals surface area contributed by atoms with Gasteiger partial charge in [0.1, 0.15) is 0 Å². The average molecular weight is 257 g/mol. The van der Waals surface area contributed by atoms with Crippen molar-refractivity contribution in [2.45, 2.75) is 23.8 Å². The predicted octanol–water partition coefficient (Wildman–Crippen LogP) is 2.29. The molecule has 1 aromatic carbocycles. The molecule has 2 rings (SSSR count). The minimum atomic E-state index is 0.143. The number of nitrogens with one attached hydrogen (secondary N) is 1. The van der Waals surface area contributed by atoms with Crippen molar-refractivity contribution in [2.75, 3.05) is 11.5 Å². The van der Waals surface area contributed by atoms with Crippen LogP contribution in [-0.4, -0.2) is 17.7 Å². The molecule has 0 radical (unpaired) electrons. The van der Waals surface area contributed by atoms with E-state index >= 15 is 0 Å². The molecule has 3 N–H and O–H groups in total. The Morgan fingerprint density at radius 1 is 1.56 bits per heavy atom. The number of benzene rings is 1. The van der Waals surface area contributed by atoms with Gasteiger partial charge in [-0.2, -0.15) is 0 Å². The zero-order chi connectivity index (χ0) is 11.5. The molecule has 1 aliphatic rings. The largest absolute Gasteiger partial charge is 0.399 e. The molecule has 1 saturated heterocycles. The standard InChI is InChI=1S/C11H13ClN2OS/c12-9-3-1-7(13)5-10(9)16-6-8-2-4-11(15)14-8/h1,3,5,8H,2,4,6,13H2,(H,14,15). The van der Waals surface area contributed by atoms with Gasteiger partial charge in [0.2, 0.25) is 5.91 Å². The number of carbonyl (C=O) groups excluding carboxylic acids is 1. The number of nitrogen functional groups attached to an aromatic ring is 1. The van der Waals surface area contributed by atoms with Crippen LogP contribution in [0.2, 0.25) is 5.02 Å². The van der Waals surface area contributed by atoms with Gasteiger partial charge in [-0.3, -0.25) is 4.79 Å². The quantitative estimate of drug-likeness (QED) is 0.645. The summed E-state index contributed by atoms with van der Waals surface area (Å²) in [5, 5.41) is 3.64. The number of carbonyl (C=O) groups is 1. The lowest BCUT2D eigenvalue weighted by Gasteiger charge is -2.10. The summed E-state index contributed by atoms with van der Waals surface area (Å²) in [7, 11) is 0. The molecular formula is C11H13ClN2OS. The van der Waals surface area contributed by atoms with Crippen molar-refractivity contribution in [1.29, 1.82) is 0 Å². The molecule has 1 aliphatic heterocycles. The highest BCUT2D eigenvalue weighted by molar-refractivity contribution is 7.99. The first-order valence-electron chi connectivity index (χ1n) is 5.12. The Kier molecular flexibility index (Phi) is 3.61. The molecule has 1 unspecified atom stereocenters. The van der Waals surface area contributed by atoms with Gasteiger partial charge in [-0.15, -0.1) is 11.8 Å². The van der Waals surface area contributed by atoms with E-state index in [0.717, 1.165) is 17.1 Å². The van der Waals surface area contributed by atoms with Crippen LogP contribution in [0, 0.1) is 0 Å². The summed E-state index contributed by atoms with van der Waals surface area (Å²) >= 11 is 7.68. The highest BCUT2D eigenvalue weighted by Crippen LogP contribution is 2.30. The van der Waals surface area contributed by atoms with Gasteiger partial charge in [-0.05, 0) is 24.6 Å². The molecule has 0 spiro atoms. The summed E-state index contributed by atoms with van der Waals surface area (Å²) in [5.41, 5.74) is 6.40. The van der Waals surface area contributed by atoms with Crippen LogP contribution in [0.5, 0.6) is 0 Å². The predicted molar refractivity (Wildman–Crippen MR) is 67.8 cm³/mol. The molecule has 5 heteroatoms. The highest BCUT2D eigenvalue weighted by Gasteiger charge is 2.20. The Morgan fingerprint density at radius 3 is 3.06 bits per heavy atom. The number of thioether (sulfide) groups is 1. The van der Waals surface area contributed by atoms with Crippen LogP contribution in [0.3, 0.4) is 0 Å². The molecule has 0 bridgehead atoms. The first kappa shape index (κ1) is 11.6. The molecule has 1 fully saturated rings. The van der Waals surface area contributed by atoms with Gasteiger partial charge < -0.3 is 11.1 Å². The molecule has 16 heavy (non-hydrogen) atoms. The molecule has 1 aromatic rings. The van der Waals surface area contributed by atoms with Gasteiger partial charge in [-0.1, -0.05) is 11.6 Å². The van der Waals surface area contributed by atoms with Crippen LogP contribution in [0.15, 0.2) is 23.1 Å². The van der Waals surface area contributed by atoms with Crippen LogP contribution in [0.25, 0.3) is 0 Å². The van der Waals surface area contributed by atoms with Crippen LogP contribution in [0.4, 0.5) is 5.69 Å². The Labute approximate surface area is 104 Å². The fourth-order valence-corrected chi connectivity index (χ4v) is 2.96. The Bertz CT molecular complexity index is 411. The fraction of sp³-hybridized carbons (Fsp3) is 0.364. The van der Waals surface area contributed by atoms with Gasteiger partial charge >= 0.3 is 0 Å². The maximum Gasteiger partial charge on any atom is 0.220 e. The second-order valence-corrected chi connectivity index (χ2v) is 5.27. The molecule has 0 saturated carbocycles. The van der Waals surface area contributed by atoms with Gasteiger partial charge in [0.25, 0.3) is 0 Å². The number of halogens is 1. The Hall–Kier alpha value is -0.870. The van der Waals surface area contributed by atoms with Crippen LogP contribution < -0.4 is 11.1 Å². The summed E-state index contributed by atoms with van der Waals surface area (Å²) in [6.45, 7) is 0. The van der Waals surface area contributed by atoms with Gasteiger partial charge in [-0.25, -0.2) is 0 Å². The third kappa shape index (κ3) is 2.83. The minimum Gasteiger partial charge on any atom is -0.399 e. The van der Waals surface area contributed by atoms with Crippen molar-refractivity contribution in [1.82, 2.24) is 5.32 Å². The molecule has 86 valence electrons. The van der Waals surface area contributed by atoms with E-state index in [1.54, 1.807) is 23.9 Å². The van der Waals surface area contributed by atoms with E-state index in [1.165, 1.54) is 0 Å². The highest BCUT2D eigenvalue weighted by atomic mass is 35.5. The molecule has 1 atom stereocenters. The molecule has 3 nitrogen and oxygen atoms in total. The number of hydrogen-bond donors (Lipinski definition) is 2. The summed E-state index contributed by atoms with van der Waals surface area (Å²) in [6.07, 6.45) is 1.54. The van der Waals surface area contributed by atoms with E-state index in [4.69, 9.17) is 17.3 Å². The minimum absolute atomic E-state index is 0.143. The van der Waals surface area contributed by atoms with E-state index in [-0.39, 0.29) is 11.9 Å². The van der Waals surface area contributed by atoms with E-state index in [0.29, 0.717) is 17.1 Å². The third-order valence-electron chi connectivity index (χ3n) is 2.48. The zero-order valence-corrected chi connectivity index (χ0v) is 10.3. The van der Waals surface area contributed by atoms with Crippen molar-refractivity contribution in [3.8, 4) is 0 Å². The average Bonchev–Trinajstić information content (AvgIpc) is 2.66. The first-order chi connectivity index (χ1) is 7.65. The summed E-state index contributed by atoms with van der Waals surface area (Å²) in [6, 6.07) is 5.70. The van der Waals surface area contributed by atoms with Crippen LogP contribution >= 0.6 is 23.4 Å². The van der Waals surface area contributed by atoms with Crippen LogP contribution in [0.1, 0.15) is 12.8 Å². The van der Waals surface area contributed by atoms with Crippen molar-refractivity contribution in [3.63, 3.8) is 0 Å². The van der Waals surface area contributed by atoms with Crippen molar-refractivity contribution >= 4 is 35.0 Å². The molecular weight excluding hydrogens is 244 g/mol. The number of amides is 1. The van der Waals surface area contributed by atoms with Gasteiger partial charge in [0.05, 0.1) is 5.02 Å². The van der Waals surface area contributed by atoms with Crippen molar-refractivity contribution < 1.29 is 4.79 Å². The third-order valence-corrected chi connectivity index (χ3v) is 4.14. The maximum absolute atomic E-state index is 11.0. The summed E-state index contributed by atoms with van der Waals surface area (Å²) < 4.78 is 0. The summed E-state index contributed by atoms with van der Waals surface area (Å²) in [5.74, 6) is 0.985. The number of anilines is 1. The van der Waals surface area contributed by atoms with E-state index in [9.17, 15) is 4.79 Å². The fourth-order valence-electron chi connectivity index (χ4n) is 1.62. The van der Waals surface area contributed by atoms with Crippen molar-refractivity contribution in [2.24, 2.45) is 0 Å². The van der Waals surface area contributed by atoms with E-state index in [2.05, 4.69) is 5.32 Å².